The third-order valence-electron chi connectivity index (χ3n) is 1.75. The van der Waals surface area contributed by atoms with E-state index in [-0.39, 0.29) is 11.4 Å². The Morgan fingerprint density at radius 2 is 2.06 bits per heavy atom. The quantitative estimate of drug-likeness (QED) is 0.863. The first-order chi connectivity index (χ1) is 7.79. The zero-order chi connectivity index (χ0) is 13.1. The minimum atomic E-state index is -4.70. The Morgan fingerprint density at radius 3 is 2.59 bits per heavy atom. The van der Waals surface area contributed by atoms with Gasteiger partial charge in [-0.05, 0) is 18.2 Å². The molecule has 1 aromatic carbocycles. The SMILES string of the molecule is Nc1cc(Br)ccc1S(=O)CCOC(F)(F)F. The van der Waals surface area contributed by atoms with Crippen molar-refractivity contribution in [3.63, 3.8) is 0 Å². The fourth-order valence-corrected chi connectivity index (χ4v) is 2.44. The third-order valence-corrected chi connectivity index (χ3v) is 3.64. The molecule has 0 aliphatic carbocycles. The number of hydrogen-bond donors (Lipinski definition) is 1. The Bertz CT molecular complexity index is 425. The van der Waals surface area contributed by atoms with E-state index in [1.54, 1.807) is 6.07 Å². The van der Waals surface area contributed by atoms with Gasteiger partial charge in [-0.3, -0.25) is 8.95 Å². The van der Waals surface area contributed by atoms with Crippen LogP contribution in [0.5, 0.6) is 0 Å². The molecule has 0 aliphatic heterocycles. The lowest BCUT2D eigenvalue weighted by Gasteiger charge is -2.08. The number of rotatable bonds is 4. The van der Waals surface area contributed by atoms with Crippen LogP contribution in [0.25, 0.3) is 0 Å². The van der Waals surface area contributed by atoms with Crippen molar-refractivity contribution in [2.75, 3.05) is 18.1 Å². The second-order valence-electron chi connectivity index (χ2n) is 3.03. The fourth-order valence-electron chi connectivity index (χ4n) is 1.07. The molecule has 0 amide bonds. The van der Waals surface area contributed by atoms with Gasteiger partial charge in [0.15, 0.2) is 0 Å². The van der Waals surface area contributed by atoms with Crippen LogP contribution in [-0.2, 0) is 15.5 Å². The second-order valence-corrected chi connectivity index (χ2v) is 5.48. The van der Waals surface area contributed by atoms with Gasteiger partial charge in [0.25, 0.3) is 0 Å². The summed E-state index contributed by atoms with van der Waals surface area (Å²) in [5.74, 6) is -0.259. The minimum absolute atomic E-state index is 0.259. The summed E-state index contributed by atoms with van der Waals surface area (Å²) >= 11 is 3.17. The van der Waals surface area contributed by atoms with E-state index in [1.165, 1.54) is 12.1 Å². The summed E-state index contributed by atoms with van der Waals surface area (Å²) in [6, 6.07) is 4.66. The number of benzene rings is 1. The van der Waals surface area contributed by atoms with E-state index in [9.17, 15) is 17.4 Å². The summed E-state index contributed by atoms with van der Waals surface area (Å²) in [7, 11) is -1.61. The standard InChI is InChI=1S/C9H9BrF3NO2S/c10-6-1-2-8(7(14)5-6)17(15)4-3-16-9(11,12)13/h1-2,5H,3-4,14H2. The first kappa shape index (κ1) is 14.5. The zero-order valence-electron chi connectivity index (χ0n) is 8.46. The van der Waals surface area contributed by atoms with E-state index in [0.29, 0.717) is 9.37 Å². The number of anilines is 1. The molecule has 1 atom stereocenters. The van der Waals surface area contributed by atoms with E-state index in [1.807, 2.05) is 0 Å². The molecular formula is C9H9BrF3NO2S. The summed E-state index contributed by atoms with van der Waals surface area (Å²) in [6.07, 6.45) is -4.70. The van der Waals surface area contributed by atoms with E-state index < -0.39 is 23.8 Å². The van der Waals surface area contributed by atoms with E-state index >= 15 is 0 Å². The maximum atomic E-state index is 11.7. The zero-order valence-corrected chi connectivity index (χ0v) is 10.9. The second kappa shape index (κ2) is 5.83. The summed E-state index contributed by atoms with van der Waals surface area (Å²) in [6.45, 7) is -0.661. The monoisotopic (exact) mass is 331 g/mol. The lowest BCUT2D eigenvalue weighted by atomic mass is 10.3. The van der Waals surface area contributed by atoms with Crippen LogP contribution in [0.1, 0.15) is 0 Å². The highest BCUT2D eigenvalue weighted by molar-refractivity contribution is 9.10. The van der Waals surface area contributed by atoms with Crippen LogP contribution in [0.4, 0.5) is 18.9 Å². The van der Waals surface area contributed by atoms with Gasteiger partial charge in [0, 0.05) is 10.2 Å². The summed E-state index contributed by atoms with van der Waals surface area (Å²) in [5.41, 5.74) is 5.86. The van der Waals surface area contributed by atoms with Gasteiger partial charge in [0.2, 0.25) is 0 Å². The van der Waals surface area contributed by atoms with Crippen LogP contribution >= 0.6 is 15.9 Å². The Morgan fingerprint density at radius 1 is 1.41 bits per heavy atom. The van der Waals surface area contributed by atoms with Crippen molar-refractivity contribution in [3.8, 4) is 0 Å². The number of ether oxygens (including phenoxy) is 1. The highest BCUT2D eigenvalue weighted by Gasteiger charge is 2.29. The van der Waals surface area contributed by atoms with Crippen molar-refractivity contribution in [2.45, 2.75) is 11.3 Å². The van der Waals surface area contributed by atoms with Crippen molar-refractivity contribution in [1.82, 2.24) is 0 Å². The maximum absolute atomic E-state index is 11.7. The van der Waals surface area contributed by atoms with Crippen molar-refractivity contribution < 1.29 is 22.1 Å². The summed E-state index contributed by atoms with van der Waals surface area (Å²) in [5, 5.41) is 0. The summed E-state index contributed by atoms with van der Waals surface area (Å²) in [4.78, 5) is 0.305. The molecule has 96 valence electrons. The Hall–Kier alpha value is -0.600. The molecular weight excluding hydrogens is 323 g/mol. The molecule has 8 heteroatoms. The molecule has 1 rings (SSSR count). The average Bonchev–Trinajstić information content (AvgIpc) is 2.15. The van der Waals surface area contributed by atoms with E-state index in [2.05, 4.69) is 20.7 Å². The van der Waals surface area contributed by atoms with Gasteiger partial charge < -0.3 is 5.73 Å². The normalized spacial score (nSPS) is 13.6. The first-order valence-corrected chi connectivity index (χ1v) is 6.55. The molecule has 0 spiro atoms. The van der Waals surface area contributed by atoms with E-state index in [0.717, 1.165) is 0 Å². The molecule has 3 nitrogen and oxygen atoms in total. The molecule has 0 saturated carbocycles. The number of halogens is 4. The smallest absolute Gasteiger partial charge is 0.398 e. The Labute approximate surface area is 107 Å². The number of nitrogen functional groups attached to an aromatic ring is 1. The van der Waals surface area contributed by atoms with Crippen LogP contribution in [0.15, 0.2) is 27.6 Å². The molecule has 0 aliphatic rings. The molecule has 0 bridgehead atoms. The van der Waals surface area contributed by atoms with Crippen LogP contribution in [0.2, 0.25) is 0 Å². The highest BCUT2D eigenvalue weighted by atomic mass is 79.9. The predicted molar refractivity (Wildman–Crippen MR) is 61.8 cm³/mol. The van der Waals surface area contributed by atoms with Crippen LogP contribution in [-0.4, -0.2) is 22.9 Å². The van der Waals surface area contributed by atoms with Crippen molar-refractivity contribution in [2.24, 2.45) is 0 Å². The molecule has 17 heavy (non-hydrogen) atoms. The number of nitrogens with two attached hydrogens (primary N) is 1. The molecule has 2 N–H and O–H groups in total. The summed E-state index contributed by atoms with van der Waals surface area (Å²) < 4.78 is 50.9. The van der Waals surface area contributed by atoms with Gasteiger partial charge >= 0.3 is 6.36 Å². The third kappa shape index (κ3) is 5.05. The topological polar surface area (TPSA) is 52.3 Å². The fraction of sp³-hybridized carbons (Fsp3) is 0.333. The van der Waals surface area contributed by atoms with Crippen LogP contribution in [0.3, 0.4) is 0 Å². The van der Waals surface area contributed by atoms with Gasteiger partial charge in [0.05, 0.1) is 28.1 Å². The molecule has 1 unspecified atom stereocenters. The molecule has 0 heterocycles. The average molecular weight is 332 g/mol. The molecule has 0 fully saturated rings. The van der Waals surface area contributed by atoms with Gasteiger partial charge in [-0.2, -0.15) is 0 Å². The molecule has 0 saturated heterocycles. The molecule has 0 radical (unpaired) electrons. The number of alkyl halides is 3. The van der Waals surface area contributed by atoms with Gasteiger partial charge in [-0.25, -0.2) is 0 Å². The van der Waals surface area contributed by atoms with Crippen molar-refractivity contribution in [1.29, 1.82) is 0 Å². The maximum Gasteiger partial charge on any atom is 0.522 e. The van der Waals surface area contributed by atoms with Gasteiger partial charge in [-0.1, -0.05) is 15.9 Å². The first-order valence-electron chi connectivity index (χ1n) is 4.43. The Balaban J connectivity index is 2.59. The highest BCUT2D eigenvalue weighted by Crippen LogP contribution is 2.22. The lowest BCUT2D eigenvalue weighted by molar-refractivity contribution is -0.322. The lowest BCUT2D eigenvalue weighted by Crippen LogP contribution is -2.18. The van der Waals surface area contributed by atoms with E-state index in [4.69, 9.17) is 5.73 Å². The van der Waals surface area contributed by atoms with Crippen LogP contribution < -0.4 is 5.73 Å². The van der Waals surface area contributed by atoms with Crippen molar-refractivity contribution in [3.05, 3.63) is 22.7 Å². The molecule has 1 aromatic rings. The number of hydrogen-bond acceptors (Lipinski definition) is 3. The van der Waals surface area contributed by atoms with Crippen molar-refractivity contribution >= 4 is 32.4 Å². The predicted octanol–water partition coefficient (Wildman–Crippen LogP) is 2.68. The van der Waals surface area contributed by atoms with Crippen LogP contribution in [0, 0.1) is 0 Å². The Kier molecular flexibility index (Phi) is 4.96. The van der Waals surface area contributed by atoms with Gasteiger partial charge in [-0.15, -0.1) is 13.2 Å². The molecule has 0 aromatic heterocycles. The van der Waals surface area contributed by atoms with Gasteiger partial charge in [0.1, 0.15) is 0 Å². The largest absolute Gasteiger partial charge is 0.522 e. The minimum Gasteiger partial charge on any atom is -0.398 e.